The molecular weight excluding hydrogens is 342 g/mol. The summed E-state index contributed by atoms with van der Waals surface area (Å²) in [5.41, 5.74) is 3.42. The molecule has 1 aromatic carbocycles. The number of halogens is 1. The van der Waals surface area contributed by atoms with Gasteiger partial charge in [0.2, 0.25) is 5.91 Å². The molecule has 1 N–H and O–H groups in total. The molecule has 1 saturated carbocycles. The highest BCUT2D eigenvalue weighted by Gasteiger charge is 2.44. The average Bonchev–Trinajstić information content (AvgIpc) is 3.21. The quantitative estimate of drug-likeness (QED) is 0.905. The second-order valence-corrected chi connectivity index (χ2v) is 6.96. The van der Waals surface area contributed by atoms with E-state index < -0.39 is 0 Å². The number of nitrogens with one attached hydrogen (secondary N) is 1. The maximum absolute atomic E-state index is 12.4. The van der Waals surface area contributed by atoms with Gasteiger partial charge in [-0.1, -0.05) is 28.1 Å². The molecule has 1 aromatic heterocycles. The first-order valence-corrected chi connectivity index (χ1v) is 8.31. The van der Waals surface area contributed by atoms with Gasteiger partial charge in [0.05, 0.1) is 12.2 Å². The summed E-state index contributed by atoms with van der Waals surface area (Å²) in [7, 11) is 1.91. The van der Waals surface area contributed by atoms with Crippen molar-refractivity contribution in [2.75, 3.05) is 0 Å². The highest BCUT2D eigenvalue weighted by molar-refractivity contribution is 9.10. The summed E-state index contributed by atoms with van der Waals surface area (Å²) >= 11 is 3.44. The number of carbonyl (C=O) groups is 1. The van der Waals surface area contributed by atoms with Crippen molar-refractivity contribution in [2.24, 2.45) is 13.0 Å². The molecule has 5 heteroatoms. The minimum atomic E-state index is -0.00707. The minimum absolute atomic E-state index is 0.00707. The van der Waals surface area contributed by atoms with Gasteiger partial charge in [-0.15, -0.1) is 0 Å². The molecule has 0 spiro atoms. The molecule has 1 aliphatic carbocycles. The number of aromatic nitrogens is 2. The molecule has 3 rings (SSSR count). The fraction of sp³-hybridized carbons (Fsp3) is 0.412. The minimum Gasteiger partial charge on any atom is -0.349 e. The van der Waals surface area contributed by atoms with Gasteiger partial charge in [0.15, 0.2) is 0 Å². The van der Waals surface area contributed by atoms with E-state index >= 15 is 0 Å². The lowest BCUT2D eigenvalue weighted by atomic mass is 10.1. The maximum atomic E-state index is 12.4. The molecule has 0 unspecified atom stereocenters. The second-order valence-electron chi connectivity index (χ2n) is 6.04. The van der Waals surface area contributed by atoms with Gasteiger partial charge >= 0.3 is 0 Å². The molecule has 22 heavy (non-hydrogen) atoms. The van der Waals surface area contributed by atoms with E-state index in [2.05, 4.69) is 38.5 Å². The number of rotatable bonds is 4. The van der Waals surface area contributed by atoms with Crippen molar-refractivity contribution in [3.05, 3.63) is 51.8 Å². The summed E-state index contributed by atoms with van der Waals surface area (Å²) in [6.07, 6.45) is 2.77. The molecular formula is C17H20BrN3O. The summed E-state index contributed by atoms with van der Waals surface area (Å²) in [5, 5.41) is 7.36. The molecule has 0 saturated heterocycles. The van der Waals surface area contributed by atoms with E-state index in [1.165, 1.54) is 5.56 Å². The van der Waals surface area contributed by atoms with Crippen molar-refractivity contribution in [3.8, 4) is 0 Å². The number of benzene rings is 1. The Morgan fingerprint density at radius 3 is 2.68 bits per heavy atom. The topological polar surface area (TPSA) is 46.9 Å². The van der Waals surface area contributed by atoms with Gasteiger partial charge in [0.25, 0.3) is 0 Å². The van der Waals surface area contributed by atoms with Crippen molar-refractivity contribution < 1.29 is 4.79 Å². The summed E-state index contributed by atoms with van der Waals surface area (Å²) in [6, 6.07) is 8.24. The fourth-order valence-corrected chi connectivity index (χ4v) is 3.17. The number of hydrogen-bond acceptors (Lipinski definition) is 2. The third-order valence-corrected chi connectivity index (χ3v) is 5.05. The Hall–Kier alpha value is -1.62. The Kier molecular flexibility index (Phi) is 4.08. The number of hydrogen-bond donors (Lipinski definition) is 1. The fourth-order valence-electron chi connectivity index (χ4n) is 2.90. The van der Waals surface area contributed by atoms with Crippen molar-refractivity contribution in [2.45, 2.75) is 32.2 Å². The predicted molar refractivity (Wildman–Crippen MR) is 89.5 cm³/mol. The second kappa shape index (κ2) is 5.88. The smallest absolute Gasteiger partial charge is 0.224 e. The summed E-state index contributed by atoms with van der Waals surface area (Å²) < 4.78 is 2.90. The monoisotopic (exact) mass is 361 g/mol. The van der Waals surface area contributed by atoms with Crippen LogP contribution in [0.2, 0.25) is 0 Å². The lowest BCUT2D eigenvalue weighted by Gasteiger charge is -2.14. The molecule has 1 heterocycles. The zero-order valence-corrected chi connectivity index (χ0v) is 14.6. The predicted octanol–water partition coefficient (Wildman–Crippen LogP) is 3.47. The molecule has 0 bridgehead atoms. The van der Waals surface area contributed by atoms with Crippen LogP contribution in [0.1, 0.15) is 42.1 Å². The van der Waals surface area contributed by atoms with E-state index in [1.807, 2.05) is 43.9 Å². The standard InChI is InChI=1S/C17H20BrN3O/c1-10(16-9-19-21(3)11(16)2)20-17(22)15-8-14(15)12-4-6-13(18)7-5-12/h4-7,9-10,14-15H,8H2,1-3H3,(H,20,22)/t10-,14+,15+/m0/s1. The van der Waals surface area contributed by atoms with Gasteiger partial charge in [-0.2, -0.15) is 5.10 Å². The lowest BCUT2D eigenvalue weighted by molar-refractivity contribution is -0.123. The van der Waals surface area contributed by atoms with Crippen LogP contribution >= 0.6 is 15.9 Å². The molecule has 3 atom stereocenters. The third-order valence-electron chi connectivity index (χ3n) is 4.52. The molecule has 2 aromatic rings. The Morgan fingerprint density at radius 2 is 2.09 bits per heavy atom. The van der Waals surface area contributed by atoms with Gasteiger partial charge in [-0.05, 0) is 43.9 Å². The number of amides is 1. The zero-order chi connectivity index (χ0) is 15.9. The summed E-state index contributed by atoms with van der Waals surface area (Å²) in [5.74, 6) is 0.597. The van der Waals surface area contributed by atoms with Gasteiger partial charge in [0.1, 0.15) is 0 Å². The normalized spacial score (nSPS) is 21.5. The van der Waals surface area contributed by atoms with E-state index in [0.717, 1.165) is 22.2 Å². The van der Waals surface area contributed by atoms with Gasteiger partial charge in [-0.25, -0.2) is 0 Å². The first-order chi connectivity index (χ1) is 10.5. The molecule has 1 amide bonds. The first kappa shape index (κ1) is 15.3. The van der Waals surface area contributed by atoms with Crippen LogP contribution in [0.25, 0.3) is 0 Å². The zero-order valence-electron chi connectivity index (χ0n) is 13.0. The Labute approximate surface area is 139 Å². The summed E-state index contributed by atoms with van der Waals surface area (Å²) in [4.78, 5) is 12.4. The van der Waals surface area contributed by atoms with E-state index in [1.54, 1.807) is 0 Å². The van der Waals surface area contributed by atoms with E-state index in [0.29, 0.717) is 5.92 Å². The molecule has 0 aliphatic heterocycles. The van der Waals surface area contributed by atoms with Crippen LogP contribution in [0.3, 0.4) is 0 Å². The average molecular weight is 362 g/mol. The number of aryl methyl sites for hydroxylation is 1. The molecule has 1 fully saturated rings. The Balaban J connectivity index is 1.62. The van der Waals surface area contributed by atoms with Gasteiger partial charge in [-0.3, -0.25) is 9.48 Å². The first-order valence-electron chi connectivity index (χ1n) is 7.51. The van der Waals surface area contributed by atoms with Crippen LogP contribution in [-0.4, -0.2) is 15.7 Å². The highest BCUT2D eigenvalue weighted by Crippen LogP contribution is 2.47. The van der Waals surface area contributed by atoms with E-state index in [-0.39, 0.29) is 17.9 Å². The van der Waals surface area contributed by atoms with Crippen LogP contribution in [0, 0.1) is 12.8 Å². The van der Waals surface area contributed by atoms with Crippen molar-refractivity contribution in [3.63, 3.8) is 0 Å². The SMILES string of the molecule is Cc1c([C@H](C)NC(=O)[C@@H]2C[C@@H]2c2ccc(Br)cc2)cnn1C. The van der Waals surface area contributed by atoms with Crippen molar-refractivity contribution in [1.29, 1.82) is 0 Å². The Morgan fingerprint density at radius 1 is 1.41 bits per heavy atom. The van der Waals surface area contributed by atoms with Crippen LogP contribution in [0.15, 0.2) is 34.9 Å². The maximum Gasteiger partial charge on any atom is 0.224 e. The number of nitrogens with zero attached hydrogens (tertiary/aromatic N) is 2. The van der Waals surface area contributed by atoms with Crippen LogP contribution in [0.4, 0.5) is 0 Å². The molecule has 116 valence electrons. The van der Waals surface area contributed by atoms with Gasteiger partial charge in [0, 0.05) is 28.7 Å². The Bertz CT molecular complexity index is 692. The van der Waals surface area contributed by atoms with Crippen molar-refractivity contribution in [1.82, 2.24) is 15.1 Å². The van der Waals surface area contributed by atoms with E-state index in [9.17, 15) is 4.79 Å². The highest BCUT2D eigenvalue weighted by atomic mass is 79.9. The van der Waals surface area contributed by atoms with Crippen LogP contribution in [0.5, 0.6) is 0 Å². The van der Waals surface area contributed by atoms with Crippen molar-refractivity contribution >= 4 is 21.8 Å². The molecule has 1 aliphatic rings. The molecule has 0 radical (unpaired) electrons. The largest absolute Gasteiger partial charge is 0.349 e. The van der Waals surface area contributed by atoms with E-state index in [4.69, 9.17) is 0 Å². The lowest BCUT2D eigenvalue weighted by Crippen LogP contribution is -2.28. The number of carbonyl (C=O) groups excluding carboxylic acids is 1. The van der Waals surface area contributed by atoms with Crippen LogP contribution in [-0.2, 0) is 11.8 Å². The summed E-state index contributed by atoms with van der Waals surface area (Å²) in [6.45, 7) is 4.03. The van der Waals surface area contributed by atoms with Gasteiger partial charge < -0.3 is 5.32 Å². The third kappa shape index (κ3) is 2.95. The van der Waals surface area contributed by atoms with Crippen LogP contribution < -0.4 is 5.32 Å². The molecule has 4 nitrogen and oxygen atoms in total.